The third-order valence-corrected chi connectivity index (χ3v) is 6.78. The fraction of sp³-hybridized carbons (Fsp3) is 0.714. The van der Waals surface area contributed by atoms with Crippen LogP contribution in [-0.4, -0.2) is 39.0 Å². The number of aryl methyl sites for hydroxylation is 1. The summed E-state index contributed by atoms with van der Waals surface area (Å²) in [7, 11) is -3.34. The van der Waals surface area contributed by atoms with Crippen LogP contribution in [0.2, 0.25) is 0 Å². The van der Waals surface area contributed by atoms with Crippen LogP contribution in [0.5, 0.6) is 0 Å². The number of rotatable bonds is 5. The van der Waals surface area contributed by atoms with E-state index < -0.39 is 10.0 Å². The Morgan fingerprint density at radius 2 is 2.25 bits per heavy atom. The fourth-order valence-electron chi connectivity index (χ4n) is 2.61. The van der Waals surface area contributed by atoms with Crippen LogP contribution in [0, 0.1) is 12.8 Å². The topological polar surface area (TPSA) is 49.4 Å². The molecule has 2 unspecified atom stereocenters. The Kier molecular flexibility index (Phi) is 5.23. The molecule has 2 rings (SSSR count). The van der Waals surface area contributed by atoms with E-state index in [0.29, 0.717) is 16.7 Å². The number of sulfonamides is 1. The van der Waals surface area contributed by atoms with E-state index in [4.69, 9.17) is 0 Å². The summed E-state index contributed by atoms with van der Waals surface area (Å²) < 4.78 is 27.5. The first-order valence-electron chi connectivity index (χ1n) is 7.18. The highest BCUT2D eigenvalue weighted by atomic mass is 32.2. The van der Waals surface area contributed by atoms with Crippen molar-refractivity contribution in [1.82, 2.24) is 9.62 Å². The molecule has 6 heteroatoms. The molecule has 0 amide bonds. The van der Waals surface area contributed by atoms with E-state index in [1.807, 2.05) is 13.0 Å². The van der Waals surface area contributed by atoms with Crippen LogP contribution >= 0.6 is 11.3 Å². The van der Waals surface area contributed by atoms with Crippen molar-refractivity contribution in [3.63, 3.8) is 0 Å². The second-order valence-corrected chi connectivity index (χ2v) is 9.09. The average molecular weight is 316 g/mol. The molecule has 0 radical (unpaired) electrons. The van der Waals surface area contributed by atoms with Crippen LogP contribution in [-0.2, 0) is 10.0 Å². The first-order chi connectivity index (χ1) is 9.38. The van der Waals surface area contributed by atoms with Crippen molar-refractivity contribution in [2.24, 2.45) is 5.92 Å². The number of likely N-dealkylation sites (tertiary alicyclic amines) is 1. The number of hydrogen-bond acceptors (Lipinski definition) is 4. The predicted molar refractivity (Wildman–Crippen MR) is 83.7 cm³/mol. The van der Waals surface area contributed by atoms with Crippen molar-refractivity contribution in [3.8, 4) is 0 Å². The molecule has 2 atom stereocenters. The van der Waals surface area contributed by atoms with Crippen molar-refractivity contribution < 1.29 is 8.42 Å². The standard InChI is InChI=1S/C14H24N2O2S2/c1-11-5-4-8-16(10-11)12(2)9-15-20(17,18)14-7-6-13(3)19-14/h6-7,11-12,15H,4-5,8-10H2,1-3H3. The molecular weight excluding hydrogens is 292 g/mol. The Balaban J connectivity index is 1.91. The SMILES string of the molecule is Cc1ccc(S(=O)(=O)NCC(C)N2CCCC(C)C2)s1. The summed E-state index contributed by atoms with van der Waals surface area (Å²) in [5.41, 5.74) is 0. The highest BCUT2D eigenvalue weighted by Crippen LogP contribution is 2.21. The monoisotopic (exact) mass is 316 g/mol. The maximum absolute atomic E-state index is 12.2. The van der Waals surface area contributed by atoms with E-state index in [9.17, 15) is 8.42 Å². The maximum Gasteiger partial charge on any atom is 0.250 e. The van der Waals surface area contributed by atoms with Gasteiger partial charge in [-0.2, -0.15) is 0 Å². The minimum absolute atomic E-state index is 0.244. The van der Waals surface area contributed by atoms with E-state index in [1.165, 1.54) is 24.2 Å². The van der Waals surface area contributed by atoms with Gasteiger partial charge in [-0.15, -0.1) is 11.3 Å². The van der Waals surface area contributed by atoms with Gasteiger partial charge in [0.25, 0.3) is 0 Å². The van der Waals surface area contributed by atoms with E-state index in [1.54, 1.807) is 6.07 Å². The molecule has 1 aromatic heterocycles. The molecule has 2 heterocycles. The molecule has 0 aromatic carbocycles. The van der Waals surface area contributed by atoms with Crippen LogP contribution < -0.4 is 4.72 Å². The van der Waals surface area contributed by atoms with Gasteiger partial charge in [-0.3, -0.25) is 4.90 Å². The molecule has 1 N–H and O–H groups in total. The smallest absolute Gasteiger partial charge is 0.250 e. The number of nitrogens with one attached hydrogen (secondary N) is 1. The lowest BCUT2D eigenvalue weighted by Crippen LogP contribution is -2.46. The van der Waals surface area contributed by atoms with Gasteiger partial charge in [0, 0.05) is 24.0 Å². The van der Waals surface area contributed by atoms with E-state index in [2.05, 4.69) is 23.5 Å². The van der Waals surface area contributed by atoms with Crippen LogP contribution in [0.1, 0.15) is 31.6 Å². The van der Waals surface area contributed by atoms with Gasteiger partial charge in [0.05, 0.1) is 0 Å². The van der Waals surface area contributed by atoms with Crippen LogP contribution in [0.15, 0.2) is 16.3 Å². The summed E-state index contributed by atoms with van der Waals surface area (Å²) in [6.45, 7) is 8.90. The first kappa shape index (κ1) is 15.9. The zero-order valence-corrected chi connectivity index (χ0v) is 14.1. The zero-order chi connectivity index (χ0) is 14.8. The number of nitrogens with zero attached hydrogens (tertiary/aromatic N) is 1. The second kappa shape index (κ2) is 6.56. The van der Waals surface area contributed by atoms with Crippen molar-refractivity contribution >= 4 is 21.4 Å². The molecule has 1 aliphatic heterocycles. The number of thiophene rings is 1. The Morgan fingerprint density at radius 3 is 2.85 bits per heavy atom. The lowest BCUT2D eigenvalue weighted by molar-refractivity contribution is 0.140. The third-order valence-electron chi connectivity index (χ3n) is 3.86. The molecule has 1 fully saturated rings. The molecule has 20 heavy (non-hydrogen) atoms. The Hall–Kier alpha value is -0.430. The van der Waals surface area contributed by atoms with Crippen molar-refractivity contribution in [2.75, 3.05) is 19.6 Å². The van der Waals surface area contributed by atoms with E-state index >= 15 is 0 Å². The van der Waals surface area contributed by atoms with Crippen molar-refractivity contribution in [2.45, 2.75) is 43.9 Å². The zero-order valence-electron chi connectivity index (χ0n) is 12.4. The van der Waals surface area contributed by atoms with Gasteiger partial charge < -0.3 is 0 Å². The van der Waals surface area contributed by atoms with Gasteiger partial charge >= 0.3 is 0 Å². The molecule has 0 bridgehead atoms. The van der Waals surface area contributed by atoms with E-state index in [-0.39, 0.29) is 6.04 Å². The second-order valence-electron chi connectivity index (χ2n) is 5.81. The molecule has 1 aliphatic rings. The van der Waals surface area contributed by atoms with Crippen LogP contribution in [0.25, 0.3) is 0 Å². The molecule has 0 spiro atoms. The highest BCUT2D eigenvalue weighted by Gasteiger charge is 2.23. The quantitative estimate of drug-likeness (QED) is 0.908. The molecule has 0 aliphatic carbocycles. The Labute approximate surface area is 126 Å². The van der Waals surface area contributed by atoms with Gasteiger partial charge in [0.2, 0.25) is 10.0 Å². The van der Waals surface area contributed by atoms with Crippen molar-refractivity contribution in [3.05, 3.63) is 17.0 Å². The highest BCUT2D eigenvalue weighted by molar-refractivity contribution is 7.91. The van der Waals surface area contributed by atoms with Gasteiger partial charge in [0.15, 0.2) is 0 Å². The lowest BCUT2D eigenvalue weighted by Gasteiger charge is -2.35. The largest absolute Gasteiger partial charge is 0.299 e. The fourth-order valence-corrected chi connectivity index (χ4v) is 5.06. The molecule has 0 saturated carbocycles. The van der Waals surface area contributed by atoms with Gasteiger partial charge in [0.1, 0.15) is 4.21 Å². The normalized spacial score (nSPS) is 22.9. The Morgan fingerprint density at radius 1 is 1.50 bits per heavy atom. The number of piperidine rings is 1. The summed E-state index contributed by atoms with van der Waals surface area (Å²) in [4.78, 5) is 3.40. The molecule has 114 valence electrons. The summed E-state index contributed by atoms with van der Waals surface area (Å²) >= 11 is 1.32. The Bertz CT molecular complexity index is 539. The summed E-state index contributed by atoms with van der Waals surface area (Å²) in [5.74, 6) is 0.711. The van der Waals surface area contributed by atoms with E-state index in [0.717, 1.165) is 18.0 Å². The summed E-state index contributed by atoms with van der Waals surface area (Å²) in [5, 5.41) is 0. The lowest BCUT2D eigenvalue weighted by atomic mass is 9.99. The molecule has 4 nitrogen and oxygen atoms in total. The average Bonchev–Trinajstić information content (AvgIpc) is 2.83. The predicted octanol–water partition coefficient (Wildman–Crippen LogP) is 2.46. The number of hydrogen-bond donors (Lipinski definition) is 1. The third kappa shape index (κ3) is 4.04. The molecular formula is C14H24N2O2S2. The van der Waals surface area contributed by atoms with Crippen LogP contribution in [0.3, 0.4) is 0 Å². The maximum atomic E-state index is 12.2. The summed E-state index contributed by atoms with van der Waals surface area (Å²) in [6.07, 6.45) is 2.49. The minimum atomic E-state index is -3.34. The minimum Gasteiger partial charge on any atom is -0.299 e. The summed E-state index contributed by atoms with van der Waals surface area (Å²) in [6, 6.07) is 3.76. The molecule has 1 aromatic rings. The van der Waals surface area contributed by atoms with Gasteiger partial charge in [-0.05, 0) is 51.3 Å². The van der Waals surface area contributed by atoms with Crippen molar-refractivity contribution in [1.29, 1.82) is 0 Å². The van der Waals surface area contributed by atoms with Gasteiger partial charge in [-0.25, -0.2) is 13.1 Å². The van der Waals surface area contributed by atoms with Gasteiger partial charge in [-0.1, -0.05) is 6.92 Å². The first-order valence-corrected chi connectivity index (χ1v) is 9.48. The van der Waals surface area contributed by atoms with Crippen LogP contribution in [0.4, 0.5) is 0 Å². The molecule has 1 saturated heterocycles.